The normalized spacial score (nSPS) is 10.9. The van der Waals surface area contributed by atoms with Crippen LogP contribution in [0.4, 0.5) is 4.39 Å². The molecule has 3 rings (SSSR count). The van der Waals surface area contributed by atoms with Crippen molar-refractivity contribution in [1.82, 2.24) is 9.55 Å². The Balaban J connectivity index is 2.11. The summed E-state index contributed by atoms with van der Waals surface area (Å²) in [5, 5.41) is 0. The number of rotatable bonds is 3. The molecule has 0 saturated heterocycles. The van der Waals surface area contributed by atoms with Crippen LogP contribution in [0.2, 0.25) is 0 Å². The fourth-order valence-electron chi connectivity index (χ4n) is 2.10. The minimum atomic E-state index is -0.594. The second kappa shape index (κ2) is 5.10. The van der Waals surface area contributed by atoms with E-state index in [0.29, 0.717) is 11.2 Å². The molecule has 7 heteroatoms. The van der Waals surface area contributed by atoms with Crippen LogP contribution in [-0.4, -0.2) is 14.5 Å². The van der Waals surface area contributed by atoms with Gasteiger partial charge in [0.05, 0.1) is 6.54 Å². The molecule has 0 amide bonds. The molecule has 2 heterocycles. The number of benzene rings is 1. The topological polar surface area (TPSA) is 74.0 Å². The lowest BCUT2D eigenvalue weighted by Crippen LogP contribution is -2.18. The maximum absolute atomic E-state index is 14.3. The van der Waals surface area contributed by atoms with Gasteiger partial charge in [-0.2, -0.15) is 0 Å². The monoisotopic (exact) mass is 303 g/mol. The van der Waals surface area contributed by atoms with E-state index < -0.39 is 11.6 Å². The number of nitrogens with two attached hydrogens (primary N) is 1. The molecule has 2 N–H and O–H groups in total. The molecule has 0 saturated carbocycles. The molecule has 0 bridgehead atoms. The predicted octanol–water partition coefficient (Wildman–Crippen LogP) is 1.81. The second-order valence-electron chi connectivity index (χ2n) is 4.42. The Bertz CT molecular complexity index is 901. The van der Waals surface area contributed by atoms with Crippen molar-refractivity contribution in [2.45, 2.75) is 6.54 Å². The zero-order chi connectivity index (χ0) is 15.0. The molecular formula is C14H10FN3O2S. The zero-order valence-electron chi connectivity index (χ0n) is 10.7. The number of halogens is 1. The number of pyridine rings is 1. The first-order chi connectivity index (χ1) is 10.1. The lowest BCUT2D eigenvalue weighted by Gasteiger charge is -2.07. The molecule has 106 valence electrons. The Morgan fingerprint density at radius 3 is 2.95 bits per heavy atom. The van der Waals surface area contributed by atoms with E-state index in [4.69, 9.17) is 22.4 Å². The maximum Gasteiger partial charge on any atom is 0.421 e. The fourth-order valence-corrected chi connectivity index (χ4v) is 2.26. The first-order valence-corrected chi connectivity index (χ1v) is 6.50. The maximum atomic E-state index is 14.3. The summed E-state index contributed by atoms with van der Waals surface area (Å²) in [6.07, 6.45) is 1.54. The van der Waals surface area contributed by atoms with Crippen LogP contribution in [0.5, 0.6) is 0 Å². The van der Waals surface area contributed by atoms with Gasteiger partial charge in [0.15, 0.2) is 11.2 Å². The summed E-state index contributed by atoms with van der Waals surface area (Å²) in [7, 11) is 0. The van der Waals surface area contributed by atoms with Crippen molar-refractivity contribution in [1.29, 1.82) is 0 Å². The molecule has 0 aliphatic rings. The highest BCUT2D eigenvalue weighted by Gasteiger charge is 2.15. The molecule has 0 fully saturated rings. The Labute approximate surface area is 123 Å². The Morgan fingerprint density at radius 1 is 1.38 bits per heavy atom. The van der Waals surface area contributed by atoms with Gasteiger partial charge in [-0.15, -0.1) is 0 Å². The van der Waals surface area contributed by atoms with Crippen molar-refractivity contribution >= 4 is 28.4 Å². The van der Waals surface area contributed by atoms with Gasteiger partial charge in [0, 0.05) is 17.3 Å². The molecule has 2 aromatic heterocycles. The van der Waals surface area contributed by atoms with Crippen LogP contribution >= 0.6 is 12.2 Å². The third-order valence-electron chi connectivity index (χ3n) is 3.10. The van der Waals surface area contributed by atoms with E-state index in [-0.39, 0.29) is 22.7 Å². The number of hydrogen-bond acceptors (Lipinski definition) is 4. The van der Waals surface area contributed by atoms with Crippen molar-refractivity contribution in [2.24, 2.45) is 5.73 Å². The fraction of sp³-hybridized carbons (Fsp3) is 0.0714. The van der Waals surface area contributed by atoms with Crippen molar-refractivity contribution in [3.05, 3.63) is 64.0 Å². The van der Waals surface area contributed by atoms with Crippen molar-refractivity contribution in [3.8, 4) is 0 Å². The molecule has 5 nitrogen and oxygen atoms in total. The summed E-state index contributed by atoms with van der Waals surface area (Å²) in [6, 6.07) is 7.97. The zero-order valence-corrected chi connectivity index (χ0v) is 11.6. The van der Waals surface area contributed by atoms with E-state index in [0.717, 1.165) is 0 Å². The number of aromatic nitrogens is 2. The van der Waals surface area contributed by atoms with E-state index >= 15 is 0 Å². The molecule has 0 aliphatic carbocycles. The molecule has 21 heavy (non-hydrogen) atoms. The smallest absolute Gasteiger partial charge is 0.406 e. The van der Waals surface area contributed by atoms with Gasteiger partial charge in [-0.05, 0) is 18.2 Å². The summed E-state index contributed by atoms with van der Waals surface area (Å²) in [5.41, 5.74) is 6.62. The van der Waals surface area contributed by atoms with Gasteiger partial charge in [-0.1, -0.05) is 24.4 Å². The van der Waals surface area contributed by atoms with Crippen molar-refractivity contribution in [2.75, 3.05) is 0 Å². The number of oxazole rings is 1. The van der Waals surface area contributed by atoms with E-state index in [2.05, 4.69) is 4.98 Å². The molecule has 0 radical (unpaired) electrons. The Hall–Kier alpha value is -2.54. The molecule has 0 spiro atoms. The molecule has 0 aliphatic heterocycles. The average Bonchev–Trinajstić information content (AvgIpc) is 2.77. The number of nitrogens with zero attached hydrogens (tertiary/aromatic N) is 2. The predicted molar refractivity (Wildman–Crippen MR) is 79.7 cm³/mol. The summed E-state index contributed by atoms with van der Waals surface area (Å²) in [4.78, 5) is 15.9. The van der Waals surface area contributed by atoms with E-state index in [9.17, 15) is 9.18 Å². The highest BCUT2D eigenvalue weighted by atomic mass is 32.1. The third kappa shape index (κ3) is 2.31. The SMILES string of the molecule is NC(=S)c1cccc(Cn2c(=O)oc3cccnc32)c1F. The highest BCUT2D eigenvalue weighted by molar-refractivity contribution is 7.80. The van der Waals surface area contributed by atoms with E-state index in [1.165, 1.54) is 16.8 Å². The minimum Gasteiger partial charge on any atom is -0.406 e. The molecule has 0 atom stereocenters. The second-order valence-corrected chi connectivity index (χ2v) is 4.86. The highest BCUT2D eigenvalue weighted by Crippen LogP contribution is 2.16. The lowest BCUT2D eigenvalue weighted by molar-refractivity contribution is 0.511. The third-order valence-corrected chi connectivity index (χ3v) is 3.32. The van der Waals surface area contributed by atoms with Gasteiger partial charge in [0.2, 0.25) is 0 Å². The summed E-state index contributed by atoms with van der Waals surface area (Å²) in [5.74, 6) is -1.13. The van der Waals surface area contributed by atoms with Gasteiger partial charge in [0.25, 0.3) is 0 Å². The standard InChI is InChI=1S/C14H10FN3O2S/c15-11-8(3-1-4-9(11)12(16)21)7-18-13-10(20-14(18)19)5-2-6-17-13/h1-6H,7H2,(H2,16,21). The Morgan fingerprint density at radius 2 is 2.19 bits per heavy atom. The van der Waals surface area contributed by atoms with Gasteiger partial charge < -0.3 is 10.2 Å². The lowest BCUT2D eigenvalue weighted by atomic mass is 10.1. The van der Waals surface area contributed by atoms with Crippen LogP contribution < -0.4 is 11.5 Å². The van der Waals surface area contributed by atoms with Crippen LogP contribution in [0.15, 0.2) is 45.7 Å². The van der Waals surface area contributed by atoms with Crippen LogP contribution in [-0.2, 0) is 6.54 Å². The first-order valence-electron chi connectivity index (χ1n) is 6.09. The van der Waals surface area contributed by atoms with Gasteiger partial charge >= 0.3 is 5.76 Å². The first kappa shape index (κ1) is 13.4. The summed E-state index contributed by atoms with van der Waals surface area (Å²) >= 11 is 4.80. The molecule has 0 unspecified atom stereocenters. The van der Waals surface area contributed by atoms with E-state index in [1.54, 1.807) is 24.3 Å². The van der Waals surface area contributed by atoms with Gasteiger partial charge in [-0.3, -0.25) is 4.57 Å². The van der Waals surface area contributed by atoms with Crippen molar-refractivity contribution in [3.63, 3.8) is 0 Å². The Kier molecular flexibility index (Phi) is 3.26. The number of thiocarbonyl (C=S) groups is 1. The average molecular weight is 303 g/mol. The molecule has 3 aromatic rings. The van der Waals surface area contributed by atoms with Crippen LogP contribution in [0, 0.1) is 5.82 Å². The summed E-state index contributed by atoms with van der Waals surface area (Å²) < 4.78 is 20.6. The van der Waals surface area contributed by atoms with Crippen LogP contribution in [0.25, 0.3) is 11.2 Å². The van der Waals surface area contributed by atoms with E-state index in [1.807, 2.05) is 0 Å². The van der Waals surface area contributed by atoms with Crippen molar-refractivity contribution < 1.29 is 8.81 Å². The quantitative estimate of drug-likeness (QED) is 0.747. The number of fused-ring (bicyclic) bond motifs is 1. The summed E-state index contributed by atoms with van der Waals surface area (Å²) in [6.45, 7) is -0.00880. The number of hydrogen-bond donors (Lipinski definition) is 1. The molecule has 1 aromatic carbocycles. The van der Waals surface area contributed by atoms with Crippen LogP contribution in [0.3, 0.4) is 0 Å². The largest absolute Gasteiger partial charge is 0.421 e. The molecular weight excluding hydrogens is 293 g/mol. The van der Waals surface area contributed by atoms with Crippen LogP contribution in [0.1, 0.15) is 11.1 Å². The van der Waals surface area contributed by atoms with Gasteiger partial charge in [0.1, 0.15) is 10.8 Å². The minimum absolute atomic E-state index is 0.00880. The van der Waals surface area contributed by atoms with Gasteiger partial charge in [-0.25, -0.2) is 14.2 Å².